The second kappa shape index (κ2) is 6.78. The predicted molar refractivity (Wildman–Crippen MR) is 86.1 cm³/mol. The fraction of sp³-hybridized carbons (Fsp3) is 0.812. The number of aliphatic hydroxyl groups excluding tert-OH is 1. The van der Waals surface area contributed by atoms with Crippen LogP contribution in [-0.2, 0) is 9.53 Å². The van der Waals surface area contributed by atoms with Crippen LogP contribution in [0, 0.1) is 11.5 Å². The molecule has 0 aromatic heterocycles. The highest BCUT2D eigenvalue weighted by Gasteiger charge is 2.33. The van der Waals surface area contributed by atoms with Gasteiger partial charge in [-0.2, -0.15) is 0 Å². The van der Waals surface area contributed by atoms with Crippen LogP contribution in [0.15, 0.2) is 0 Å². The summed E-state index contributed by atoms with van der Waals surface area (Å²) in [4.78, 5) is 11.6. The Balaban J connectivity index is 4.40. The van der Waals surface area contributed by atoms with Gasteiger partial charge in [0.15, 0.2) is 0 Å². The Morgan fingerprint density at radius 3 is 2.10 bits per heavy atom. The molecule has 0 aliphatic heterocycles. The summed E-state index contributed by atoms with van der Waals surface area (Å²) in [6.07, 6.45) is -0.224. The van der Waals surface area contributed by atoms with Gasteiger partial charge in [-0.15, -0.1) is 5.54 Å². The number of ether oxygens (including phenoxy) is 1. The predicted octanol–water partition coefficient (Wildman–Crippen LogP) is 3.52. The molecular formula is C16H30O3Si. The van der Waals surface area contributed by atoms with Gasteiger partial charge in [-0.25, -0.2) is 0 Å². The maximum absolute atomic E-state index is 11.6. The molecule has 3 nitrogen and oxygen atoms in total. The van der Waals surface area contributed by atoms with Crippen molar-refractivity contribution in [3.8, 4) is 11.5 Å². The lowest BCUT2D eigenvalue weighted by Gasteiger charge is -2.31. The van der Waals surface area contributed by atoms with Gasteiger partial charge < -0.3 is 9.84 Å². The molecule has 0 bridgehead atoms. The van der Waals surface area contributed by atoms with E-state index in [1.165, 1.54) is 0 Å². The lowest BCUT2D eigenvalue weighted by Crippen LogP contribution is -2.36. The van der Waals surface area contributed by atoms with Crippen LogP contribution < -0.4 is 0 Å². The smallest absolute Gasteiger partial charge is 0.306 e. The number of carbonyl (C=O) groups excluding carboxylic acids is 1. The van der Waals surface area contributed by atoms with Crippen LogP contribution in [0.4, 0.5) is 0 Å². The minimum atomic E-state index is -1.70. The molecule has 0 aromatic carbocycles. The van der Waals surface area contributed by atoms with Gasteiger partial charge in [0.1, 0.15) is 19.8 Å². The van der Waals surface area contributed by atoms with Crippen LogP contribution in [0.5, 0.6) is 0 Å². The number of hydrogen-bond donors (Lipinski definition) is 1. The van der Waals surface area contributed by atoms with E-state index in [1.807, 2.05) is 20.8 Å². The third kappa shape index (κ3) is 7.71. The first kappa shape index (κ1) is 19.2. The van der Waals surface area contributed by atoms with Crippen molar-refractivity contribution in [3.63, 3.8) is 0 Å². The maximum Gasteiger partial charge on any atom is 0.306 e. The molecule has 0 rings (SSSR count). The van der Waals surface area contributed by atoms with E-state index in [-0.39, 0.29) is 17.4 Å². The average molecular weight is 298 g/mol. The maximum atomic E-state index is 11.6. The monoisotopic (exact) mass is 298 g/mol. The molecule has 0 heterocycles. The van der Waals surface area contributed by atoms with E-state index in [4.69, 9.17) is 4.74 Å². The lowest BCUT2D eigenvalue weighted by atomic mass is 10.2. The second-order valence-electron chi connectivity index (χ2n) is 7.79. The van der Waals surface area contributed by atoms with Gasteiger partial charge in [0.05, 0.1) is 0 Å². The first-order valence-corrected chi connectivity index (χ1v) is 10.2. The number of aliphatic hydroxyl groups is 1. The summed E-state index contributed by atoms with van der Waals surface area (Å²) >= 11 is 0. The molecule has 4 heteroatoms. The zero-order chi connectivity index (χ0) is 16.2. The Kier molecular flexibility index (Phi) is 6.51. The van der Waals surface area contributed by atoms with Crippen LogP contribution in [0.3, 0.4) is 0 Å². The molecule has 0 fully saturated rings. The molecule has 116 valence electrons. The Morgan fingerprint density at radius 2 is 1.70 bits per heavy atom. The molecule has 0 amide bonds. The fourth-order valence-electron chi connectivity index (χ4n) is 1.17. The number of rotatable bonds is 3. The van der Waals surface area contributed by atoms with Crippen LogP contribution in [-0.4, -0.2) is 30.9 Å². The molecule has 0 radical (unpaired) electrons. The first-order valence-electron chi connectivity index (χ1n) is 7.17. The topological polar surface area (TPSA) is 46.5 Å². The van der Waals surface area contributed by atoms with E-state index in [1.54, 1.807) is 0 Å². The summed E-state index contributed by atoms with van der Waals surface area (Å²) in [5.74, 6) is 2.62. The van der Waals surface area contributed by atoms with Gasteiger partial charge >= 0.3 is 5.97 Å². The van der Waals surface area contributed by atoms with E-state index in [0.717, 1.165) is 0 Å². The standard InChI is InChI=1S/C16H30O3Si/c1-15(2,3)19-14(18)10-9-13(17)11-12-20(7,8)16(4,5)6/h13,17H,9-10H2,1-8H3. The van der Waals surface area contributed by atoms with Gasteiger partial charge in [-0.3, -0.25) is 4.79 Å². The molecule has 1 N–H and O–H groups in total. The third-order valence-corrected chi connectivity index (χ3v) is 7.99. The summed E-state index contributed by atoms with van der Waals surface area (Å²) in [5.41, 5.74) is 2.78. The highest BCUT2D eigenvalue weighted by atomic mass is 28.3. The van der Waals surface area contributed by atoms with Crippen LogP contribution >= 0.6 is 0 Å². The molecular weight excluding hydrogens is 268 g/mol. The Hall–Kier alpha value is -0.793. The average Bonchev–Trinajstić information content (AvgIpc) is 2.19. The van der Waals surface area contributed by atoms with E-state index in [2.05, 4.69) is 45.3 Å². The summed E-state index contributed by atoms with van der Waals surface area (Å²) in [6, 6.07) is 0. The number of esters is 1. The summed E-state index contributed by atoms with van der Waals surface area (Å²) in [6.45, 7) is 16.4. The SMILES string of the molecule is CC(C)(C)OC(=O)CCC(O)C#C[Si](C)(C)C(C)(C)C. The van der Waals surface area contributed by atoms with Gasteiger partial charge in [0.25, 0.3) is 0 Å². The van der Waals surface area contributed by atoms with Gasteiger partial charge in [-0.05, 0) is 32.2 Å². The van der Waals surface area contributed by atoms with Crippen LogP contribution in [0.25, 0.3) is 0 Å². The normalized spacial score (nSPS) is 14.2. The van der Waals surface area contributed by atoms with Crippen molar-refractivity contribution in [1.29, 1.82) is 0 Å². The molecule has 1 atom stereocenters. The Morgan fingerprint density at radius 1 is 1.20 bits per heavy atom. The summed E-state index contributed by atoms with van der Waals surface area (Å²) in [5, 5.41) is 10.0. The molecule has 0 saturated carbocycles. The molecule has 0 aliphatic carbocycles. The van der Waals surface area contributed by atoms with E-state index < -0.39 is 19.8 Å². The molecule has 0 spiro atoms. The zero-order valence-corrected chi connectivity index (χ0v) is 15.3. The highest BCUT2D eigenvalue weighted by molar-refractivity contribution is 6.87. The minimum Gasteiger partial charge on any atom is -0.460 e. The quantitative estimate of drug-likeness (QED) is 0.492. The van der Waals surface area contributed by atoms with Crippen molar-refractivity contribution in [2.45, 2.75) is 84.2 Å². The third-order valence-electron chi connectivity index (χ3n) is 3.47. The molecule has 1 unspecified atom stereocenters. The summed E-state index contributed by atoms with van der Waals surface area (Å²) in [7, 11) is -1.70. The van der Waals surface area contributed by atoms with Crippen molar-refractivity contribution >= 4 is 14.0 Å². The van der Waals surface area contributed by atoms with Crippen molar-refractivity contribution in [1.82, 2.24) is 0 Å². The largest absolute Gasteiger partial charge is 0.460 e. The van der Waals surface area contributed by atoms with Crippen molar-refractivity contribution in [2.75, 3.05) is 0 Å². The van der Waals surface area contributed by atoms with Crippen LogP contribution in [0.2, 0.25) is 18.1 Å². The second-order valence-corrected chi connectivity index (χ2v) is 12.8. The molecule has 20 heavy (non-hydrogen) atoms. The first-order chi connectivity index (χ1) is 8.74. The molecule has 0 aromatic rings. The molecule has 0 saturated heterocycles. The Bertz CT molecular complexity index is 389. The van der Waals surface area contributed by atoms with Crippen molar-refractivity contribution in [2.24, 2.45) is 0 Å². The van der Waals surface area contributed by atoms with Gasteiger partial charge in [-0.1, -0.05) is 39.8 Å². The van der Waals surface area contributed by atoms with E-state index >= 15 is 0 Å². The fourth-order valence-corrected chi connectivity index (χ4v) is 2.07. The van der Waals surface area contributed by atoms with E-state index in [9.17, 15) is 9.90 Å². The number of hydrogen-bond acceptors (Lipinski definition) is 3. The molecule has 0 aliphatic rings. The highest BCUT2D eigenvalue weighted by Crippen LogP contribution is 2.35. The summed E-state index contributed by atoms with van der Waals surface area (Å²) < 4.78 is 5.20. The van der Waals surface area contributed by atoms with Gasteiger partial charge in [0, 0.05) is 6.42 Å². The van der Waals surface area contributed by atoms with Crippen molar-refractivity contribution in [3.05, 3.63) is 0 Å². The van der Waals surface area contributed by atoms with Gasteiger partial charge in [0.2, 0.25) is 0 Å². The van der Waals surface area contributed by atoms with E-state index in [0.29, 0.717) is 6.42 Å². The minimum absolute atomic E-state index is 0.172. The zero-order valence-electron chi connectivity index (χ0n) is 14.3. The lowest BCUT2D eigenvalue weighted by molar-refractivity contribution is -0.155. The van der Waals surface area contributed by atoms with Crippen molar-refractivity contribution < 1.29 is 14.6 Å². The number of carbonyl (C=O) groups is 1. The van der Waals surface area contributed by atoms with Crippen LogP contribution in [0.1, 0.15) is 54.4 Å². The Labute approximate surface area is 125 Å².